The first-order valence-corrected chi connectivity index (χ1v) is 7.52. The van der Waals surface area contributed by atoms with Crippen LogP contribution in [0.4, 0.5) is 11.4 Å². The molecule has 1 aromatic carbocycles. The highest BCUT2D eigenvalue weighted by Gasteiger charge is 2.28. The Morgan fingerprint density at radius 3 is 2.80 bits per heavy atom. The van der Waals surface area contributed by atoms with E-state index in [1.54, 1.807) is 7.05 Å². The summed E-state index contributed by atoms with van der Waals surface area (Å²) in [6.45, 7) is 0.454. The SMILES string of the molecule is COCCNS(=O)(=O)c1cc(N)c2c(c1)CC(=O)N2C. The number of anilines is 2. The van der Waals surface area contributed by atoms with Crippen molar-refractivity contribution in [3.63, 3.8) is 0 Å². The van der Waals surface area contributed by atoms with E-state index in [0.717, 1.165) is 0 Å². The molecule has 1 heterocycles. The van der Waals surface area contributed by atoms with E-state index in [9.17, 15) is 13.2 Å². The zero-order valence-electron chi connectivity index (χ0n) is 11.3. The lowest BCUT2D eigenvalue weighted by atomic mass is 10.1. The smallest absolute Gasteiger partial charge is 0.240 e. The van der Waals surface area contributed by atoms with Gasteiger partial charge >= 0.3 is 0 Å². The van der Waals surface area contributed by atoms with Crippen LogP contribution in [0.25, 0.3) is 0 Å². The third-order valence-electron chi connectivity index (χ3n) is 3.15. The molecule has 1 aromatic rings. The van der Waals surface area contributed by atoms with Gasteiger partial charge in [0.05, 0.1) is 29.3 Å². The molecular weight excluding hydrogens is 282 g/mol. The van der Waals surface area contributed by atoms with Crippen molar-refractivity contribution < 1.29 is 17.9 Å². The number of likely N-dealkylation sites (N-methyl/N-ethyl adjacent to an activating group) is 1. The van der Waals surface area contributed by atoms with Crippen molar-refractivity contribution >= 4 is 27.3 Å². The van der Waals surface area contributed by atoms with Crippen LogP contribution in [0.3, 0.4) is 0 Å². The summed E-state index contributed by atoms with van der Waals surface area (Å²) in [7, 11) is -0.542. The van der Waals surface area contributed by atoms with Gasteiger partial charge in [0.25, 0.3) is 0 Å². The first kappa shape index (κ1) is 14.8. The number of benzene rings is 1. The molecule has 20 heavy (non-hydrogen) atoms. The van der Waals surface area contributed by atoms with Gasteiger partial charge in [-0.15, -0.1) is 0 Å². The van der Waals surface area contributed by atoms with Gasteiger partial charge in [0.2, 0.25) is 15.9 Å². The molecule has 0 bridgehead atoms. The van der Waals surface area contributed by atoms with E-state index in [2.05, 4.69) is 4.72 Å². The molecule has 0 radical (unpaired) electrons. The highest BCUT2D eigenvalue weighted by molar-refractivity contribution is 7.89. The van der Waals surface area contributed by atoms with Crippen LogP contribution in [0, 0.1) is 0 Å². The number of rotatable bonds is 5. The number of nitrogen functional groups attached to an aromatic ring is 1. The Hall–Kier alpha value is -1.64. The Labute approximate surface area is 117 Å². The minimum absolute atomic E-state index is 0.0629. The molecule has 7 nitrogen and oxygen atoms in total. The predicted molar refractivity (Wildman–Crippen MR) is 75.0 cm³/mol. The molecule has 1 amide bonds. The molecule has 0 unspecified atom stereocenters. The minimum Gasteiger partial charge on any atom is -0.397 e. The summed E-state index contributed by atoms with van der Waals surface area (Å²) >= 11 is 0. The third kappa shape index (κ3) is 2.62. The molecule has 3 N–H and O–H groups in total. The van der Waals surface area contributed by atoms with Crippen LogP contribution >= 0.6 is 0 Å². The number of carbonyl (C=O) groups excluding carboxylic acids is 1. The zero-order valence-corrected chi connectivity index (χ0v) is 12.2. The maximum atomic E-state index is 12.1. The highest BCUT2D eigenvalue weighted by Crippen LogP contribution is 2.35. The quantitative estimate of drug-likeness (QED) is 0.575. The van der Waals surface area contributed by atoms with Crippen LogP contribution < -0.4 is 15.4 Å². The van der Waals surface area contributed by atoms with Gasteiger partial charge in [-0.3, -0.25) is 4.79 Å². The van der Waals surface area contributed by atoms with Crippen molar-refractivity contribution in [2.45, 2.75) is 11.3 Å². The number of nitrogens with zero attached hydrogens (tertiary/aromatic N) is 1. The second kappa shape index (κ2) is 5.39. The van der Waals surface area contributed by atoms with Crippen molar-refractivity contribution in [3.8, 4) is 0 Å². The molecule has 8 heteroatoms. The van der Waals surface area contributed by atoms with Crippen LogP contribution in [-0.4, -0.2) is 41.6 Å². The van der Waals surface area contributed by atoms with Crippen molar-refractivity contribution in [2.24, 2.45) is 0 Å². The summed E-state index contributed by atoms with van der Waals surface area (Å²) in [5, 5.41) is 0. The third-order valence-corrected chi connectivity index (χ3v) is 4.59. The number of hydrogen-bond donors (Lipinski definition) is 2. The van der Waals surface area contributed by atoms with Gasteiger partial charge in [0, 0.05) is 20.7 Å². The number of nitrogens with one attached hydrogen (secondary N) is 1. The molecule has 0 saturated carbocycles. The van der Waals surface area contributed by atoms with Crippen LogP contribution in [0.1, 0.15) is 5.56 Å². The average molecular weight is 299 g/mol. The second-order valence-corrected chi connectivity index (χ2v) is 6.31. The number of nitrogens with two attached hydrogens (primary N) is 1. The molecule has 0 saturated heterocycles. The molecule has 0 aliphatic carbocycles. The zero-order chi connectivity index (χ0) is 14.9. The van der Waals surface area contributed by atoms with Crippen LogP contribution in [0.2, 0.25) is 0 Å². The van der Waals surface area contributed by atoms with Crippen molar-refractivity contribution in [3.05, 3.63) is 17.7 Å². The molecule has 110 valence electrons. The lowest BCUT2D eigenvalue weighted by Gasteiger charge is -2.14. The maximum Gasteiger partial charge on any atom is 0.240 e. The van der Waals surface area contributed by atoms with Crippen LogP contribution in [0.5, 0.6) is 0 Å². The molecule has 0 spiro atoms. The predicted octanol–water partition coefficient (Wildman–Crippen LogP) is -0.288. The fourth-order valence-corrected chi connectivity index (χ4v) is 3.25. The number of carbonyl (C=O) groups is 1. The maximum absolute atomic E-state index is 12.1. The summed E-state index contributed by atoms with van der Waals surface area (Å²) in [4.78, 5) is 13.2. The summed E-state index contributed by atoms with van der Waals surface area (Å²) in [6, 6.07) is 2.85. The van der Waals surface area contributed by atoms with Gasteiger partial charge < -0.3 is 15.4 Å². The summed E-state index contributed by atoms with van der Waals surface area (Å²) < 4.78 is 31.4. The van der Waals surface area contributed by atoms with Crippen molar-refractivity contribution in [1.82, 2.24) is 4.72 Å². The topological polar surface area (TPSA) is 102 Å². The number of amides is 1. The van der Waals surface area contributed by atoms with Gasteiger partial charge in [0.15, 0.2) is 0 Å². The molecule has 0 atom stereocenters. The molecule has 0 aromatic heterocycles. The summed E-state index contributed by atoms with van der Waals surface area (Å²) in [5.74, 6) is -0.103. The minimum atomic E-state index is -3.65. The van der Waals surface area contributed by atoms with Gasteiger partial charge in [-0.2, -0.15) is 0 Å². The van der Waals surface area contributed by atoms with E-state index in [1.807, 2.05) is 0 Å². The van der Waals surface area contributed by atoms with E-state index in [1.165, 1.54) is 24.1 Å². The van der Waals surface area contributed by atoms with Crippen LogP contribution in [0.15, 0.2) is 17.0 Å². The van der Waals surface area contributed by atoms with Crippen LogP contribution in [-0.2, 0) is 26.0 Å². The number of sulfonamides is 1. The first-order chi connectivity index (χ1) is 9.36. The molecule has 0 fully saturated rings. The largest absolute Gasteiger partial charge is 0.397 e. The average Bonchev–Trinajstić information content (AvgIpc) is 2.65. The van der Waals surface area contributed by atoms with E-state index < -0.39 is 10.0 Å². The Morgan fingerprint density at radius 1 is 1.45 bits per heavy atom. The van der Waals surface area contributed by atoms with E-state index in [-0.39, 0.29) is 36.1 Å². The number of hydrogen-bond acceptors (Lipinski definition) is 5. The lowest BCUT2D eigenvalue weighted by molar-refractivity contribution is -0.117. The molecule has 1 aliphatic heterocycles. The Bertz CT molecular complexity index is 642. The summed E-state index contributed by atoms with van der Waals surface area (Å²) in [6.07, 6.45) is 0.164. The number of fused-ring (bicyclic) bond motifs is 1. The Balaban J connectivity index is 2.34. The Morgan fingerprint density at radius 2 is 2.15 bits per heavy atom. The molecule has 2 rings (SSSR count). The van der Waals surface area contributed by atoms with Gasteiger partial charge in [-0.05, 0) is 17.7 Å². The lowest BCUT2D eigenvalue weighted by Crippen LogP contribution is -2.27. The molecule has 1 aliphatic rings. The number of methoxy groups -OCH3 is 1. The standard InChI is InChI=1S/C12H17N3O4S/c1-15-11(16)6-8-5-9(7-10(13)12(8)15)20(17,18)14-3-4-19-2/h5,7,14H,3-4,6,13H2,1-2H3. The fraction of sp³-hybridized carbons (Fsp3) is 0.417. The fourth-order valence-electron chi connectivity index (χ4n) is 2.16. The molecular formula is C12H17N3O4S. The normalized spacial score (nSPS) is 14.7. The van der Waals surface area contributed by atoms with Gasteiger partial charge in [-0.25, -0.2) is 13.1 Å². The first-order valence-electron chi connectivity index (χ1n) is 6.04. The van der Waals surface area contributed by atoms with E-state index >= 15 is 0 Å². The van der Waals surface area contributed by atoms with Gasteiger partial charge in [0.1, 0.15) is 0 Å². The van der Waals surface area contributed by atoms with Crippen molar-refractivity contribution in [1.29, 1.82) is 0 Å². The van der Waals surface area contributed by atoms with Crippen molar-refractivity contribution in [2.75, 3.05) is 37.9 Å². The summed E-state index contributed by atoms with van der Waals surface area (Å²) in [5.41, 5.74) is 7.36. The number of ether oxygens (including phenoxy) is 1. The monoisotopic (exact) mass is 299 g/mol. The Kier molecular flexibility index (Phi) is 3.98. The van der Waals surface area contributed by atoms with E-state index in [4.69, 9.17) is 10.5 Å². The van der Waals surface area contributed by atoms with E-state index in [0.29, 0.717) is 11.3 Å². The second-order valence-electron chi connectivity index (χ2n) is 4.54. The highest BCUT2D eigenvalue weighted by atomic mass is 32.2. The van der Waals surface area contributed by atoms with Gasteiger partial charge in [-0.1, -0.05) is 0 Å².